The number of amides is 2. The fourth-order valence-corrected chi connectivity index (χ4v) is 2.53. The van der Waals surface area contributed by atoms with Crippen molar-refractivity contribution < 1.29 is 14.3 Å². The number of carbonyl (C=O) groups excluding carboxylic acids is 1. The van der Waals surface area contributed by atoms with E-state index in [1.807, 2.05) is 23.1 Å². The molecule has 0 spiro atoms. The molecule has 0 unspecified atom stereocenters. The van der Waals surface area contributed by atoms with Crippen molar-refractivity contribution in [1.82, 2.24) is 15.1 Å². The number of benzene rings is 1. The average Bonchev–Trinajstić information content (AvgIpc) is 2.95. The highest BCUT2D eigenvalue weighted by Gasteiger charge is 2.18. The van der Waals surface area contributed by atoms with Crippen LogP contribution in [0.1, 0.15) is 5.56 Å². The number of nitrogens with zero attached hydrogens (tertiary/aromatic N) is 2. The van der Waals surface area contributed by atoms with Gasteiger partial charge in [0.05, 0.1) is 0 Å². The standard InChI is InChI=1S/C15H21N3O3/c1-17-6-8-18(9-7-17)15(19)16-5-4-12-2-3-13-14(10-12)21-11-20-13/h2-3,10H,4-9,11H2,1H3,(H,16,19). The maximum Gasteiger partial charge on any atom is 0.317 e. The molecule has 0 aliphatic carbocycles. The number of urea groups is 1. The van der Waals surface area contributed by atoms with E-state index in [4.69, 9.17) is 9.47 Å². The molecule has 6 heteroatoms. The van der Waals surface area contributed by atoms with E-state index in [0.717, 1.165) is 49.7 Å². The molecule has 1 aromatic carbocycles. The molecule has 2 aliphatic rings. The Bertz CT molecular complexity index is 513. The molecule has 6 nitrogen and oxygen atoms in total. The minimum absolute atomic E-state index is 0.0313. The van der Waals surface area contributed by atoms with Crippen LogP contribution in [-0.2, 0) is 6.42 Å². The van der Waals surface area contributed by atoms with Gasteiger partial charge in [0.25, 0.3) is 0 Å². The van der Waals surface area contributed by atoms with Crippen molar-refractivity contribution in [2.24, 2.45) is 0 Å². The first-order chi connectivity index (χ1) is 10.2. The first kappa shape index (κ1) is 14.0. The minimum atomic E-state index is 0.0313. The van der Waals surface area contributed by atoms with E-state index in [2.05, 4.69) is 17.3 Å². The zero-order chi connectivity index (χ0) is 14.7. The molecule has 1 fully saturated rings. The predicted octanol–water partition coefficient (Wildman–Crippen LogP) is 0.915. The van der Waals surface area contributed by atoms with E-state index in [9.17, 15) is 4.79 Å². The Labute approximate surface area is 124 Å². The molecule has 2 aliphatic heterocycles. The number of likely N-dealkylation sites (N-methyl/N-ethyl adjacent to an activating group) is 1. The number of fused-ring (bicyclic) bond motifs is 1. The third kappa shape index (κ3) is 3.39. The molecule has 0 aromatic heterocycles. The van der Waals surface area contributed by atoms with E-state index < -0.39 is 0 Å². The minimum Gasteiger partial charge on any atom is -0.454 e. The Morgan fingerprint density at radius 3 is 2.76 bits per heavy atom. The molecule has 1 N–H and O–H groups in total. The number of nitrogens with one attached hydrogen (secondary N) is 1. The Hall–Kier alpha value is -1.95. The van der Waals surface area contributed by atoms with Crippen LogP contribution < -0.4 is 14.8 Å². The van der Waals surface area contributed by atoms with Crippen LogP contribution in [0.15, 0.2) is 18.2 Å². The first-order valence-corrected chi connectivity index (χ1v) is 7.32. The Balaban J connectivity index is 1.44. The van der Waals surface area contributed by atoms with E-state index in [1.54, 1.807) is 0 Å². The van der Waals surface area contributed by atoms with Gasteiger partial charge in [-0.25, -0.2) is 4.79 Å². The van der Waals surface area contributed by atoms with E-state index in [1.165, 1.54) is 0 Å². The number of rotatable bonds is 3. The average molecular weight is 291 g/mol. The summed E-state index contributed by atoms with van der Waals surface area (Å²) in [5, 5.41) is 2.98. The van der Waals surface area contributed by atoms with Crippen LogP contribution >= 0.6 is 0 Å². The maximum absolute atomic E-state index is 12.0. The number of carbonyl (C=O) groups is 1. The van der Waals surface area contributed by atoms with Gasteiger partial charge in [-0.3, -0.25) is 0 Å². The molecule has 0 saturated carbocycles. The molecule has 21 heavy (non-hydrogen) atoms. The van der Waals surface area contributed by atoms with Crippen molar-refractivity contribution in [3.63, 3.8) is 0 Å². The van der Waals surface area contributed by atoms with Crippen molar-refractivity contribution in [2.75, 3.05) is 46.6 Å². The van der Waals surface area contributed by atoms with Crippen LogP contribution in [0.5, 0.6) is 11.5 Å². The normalized spacial score (nSPS) is 17.9. The molecular weight excluding hydrogens is 270 g/mol. The second-order valence-corrected chi connectivity index (χ2v) is 5.46. The monoisotopic (exact) mass is 291 g/mol. The lowest BCUT2D eigenvalue weighted by Gasteiger charge is -2.32. The lowest BCUT2D eigenvalue weighted by Crippen LogP contribution is -2.50. The van der Waals surface area contributed by atoms with Crippen LogP contribution in [0.25, 0.3) is 0 Å². The lowest BCUT2D eigenvalue weighted by molar-refractivity contribution is 0.154. The van der Waals surface area contributed by atoms with Gasteiger partial charge in [0.1, 0.15) is 0 Å². The summed E-state index contributed by atoms with van der Waals surface area (Å²) in [6.45, 7) is 4.40. The molecular formula is C15H21N3O3. The number of ether oxygens (including phenoxy) is 2. The van der Waals surface area contributed by atoms with Crippen molar-refractivity contribution in [1.29, 1.82) is 0 Å². The van der Waals surface area contributed by atoms with Gasteiger partial charge in [-0.05, 0) is 31.2 Å². The second kappa shape index (κ2) is 6.22. The SMILES string of the molecule is CN1CCN(C(=O)NCCc2ccc3c(c2)OCO3)CC1. The van der Waals surface area contributed by atoms with Crippen molar-refractivity contribution in [2.45, 2.75) is 6.42 Å². The summed E-state index contributed by atoms with van der Waals surface area (Å²) in [7, 11) is 2.08. The van der Waals surface area contributed by atoms with Gasteiger partial charge in [0.15, 0.2) is 11.5 Å². The van der Waals surface area contributed by atoms with Crippen LogP contribution in [0.3, 0.4) is 0 Å². The van der Waals surface area contributed by atoms with Crippen LogP contribution in [-0.4, -0.2) is 62.4 Å². The van der Waals surface area contributed by atoms with Crippen LogP contribution in [0, 0.1) is 0 Å². The van der Waals surface area contributed by atoms with Crippen LogP contribution in [0.4, 0.5) is 4.79 Å². The third-order valence-electron chi connectivity index (χ3n) is 3.92. The number of piperazine rings is 1. The van der Waals surface area contributed by atoms with E-state index in [0.29, 0.717) is 13.3 Å². The highest BCUT2D eigenvalue weighted by atomic mass is 16.7. The van der Waals surface area contributed by atoms with Gasteiger partial charge in [-0.1, -0.05) is 6.07 Å². The lowest BCUT2D eigenvalue weighted by atomic mass is 10.1. The Morgan fingerprint density at radius 2 is 1.95 bits per heavy atom. The van der Waals surface area contributed by atoms with Crippen molar-refractivity contribution >= 4 is 6.03 Å². The third-order valence-corrected chi connectivity index (χ3v) is 3.92. The van der Waals surface area contributed by atoms with Crippen molar-refractivity contribution in [3.05, 3.63) is 23.8 Å². The number of hydrogen-bond acceptors (Lipinski definition) is 4. The fourth-order valence-electron chi connectivity index (χ4n) is 2.53. The summed E-state index contributed by atoms with van der Waals surface area (Å²) in [4.78, 5) is 16.1. The predicted molar refractivity (Wildman–Crippen MR) is 78.7 cm³/mol. The van der Waals surface area contributed by atoms with Gasteiger partial charge in [-0.15, -0.1) is 0 Å². The molecule has 2 heterocycles. The summed E-state index contributed by atoms with van der Waals surface area (Å²) in [6.07, 6.45) is 0.788. The molecule has 0 bridgehead atoms. The first-order valence-electron chi connectivity index (χ1n) is 7.32. The zero-order valence-corrected chi connectivity index (χ0v) is 12.3. The molecule has 1 aromatic rings. The van der Waals surface area contributed by atoms with Crippen LogP contribution in [0.2, 0.25) is 0 Å². The fraction of sp³-hybridized carbons (Fsp3) is 0.533. The molecule has 0 radical (unpaired) electrons. The zero-order valence-electron chi connectivity index (χ0n) is 12.3. The molecule has 2 amide bonds. The smallest absolute Gasteiger partial charge is 0.317 e. The van der Waals surface area contributed by atoms with E-state index >= 15 is 0 Å². The van der Waals surface area contributed by atoms with Gasteiger partial charge >= 0.3 is 6.03 Å². The second-order valence-electron chi connectivity index (χ2n) is 5.46. The summed E-state index contributed by atoms with van der Waals surface area (Å²) in [5.74, 6) is 1.58. The number of hydrogen-bond donors (Lipinski definition) is 1. The molecule has 0 atom stereocenters. The summed E-state index contributed by atoms with van der Waals surface area (Å²) in [5.41, 5.74) is 1.14. The Morgan fingerprint density at radius 1 is 1.19 bits per heavy atom. The van der Waals surface area contributed by atoms with Gasteiger partial charge < -0.3 is 24.6 Å². The van der Waals surface area contributed by atoms with E-state index in [-0.39, 0.29) is 6.03 Å². The van der Waals surface area contributed by atoms with Gasteiger partial charge in [0, 0.05) is 32.7 Å². The molecule has 1 saturated heterocycles. The van der Waals surface area contributed by atoms with Gasteiger partial charge in [0.2, 0.25) is 6.79 Å². The largest absolute Gasteiger partial charge is 0.454 e. The summed E-state index contributed by atoms with van der Waals surface area (Å²) in [6, 6.07) is 5.93. The summed E-state index contributed by atoms with van der Waals surface area (Å²) < 4.78 is 10.6. The highest BCUT2D eigenvalue weighted by molar-refractivity contribution is 5.74. The maximum atomic E-state index is 12.0. The van der Waals surface area contributed by atoms with Gasteiger partial charge in [-0.2, -0.15) is 0 Å². The highest BCUT2D eigenvalue weighted by Crippen LogP contribution is 2.32. The molecule has 3 rings (SSSR count). The Kier molecular flexibility index (Phi) is 4.15. The van der Waals surface area contributed by atoms with Crippen molar-refractivity contribution in [3.8, 4) is 11.5 Å². The molecule has 114 valence electrons. The quantitative estimate of drug-likeness (QED) is 0.899. The topological polar surface area (TPSA) is 54.0 Å². The summed E-state index contributed by atoms with van der Waals surface area (Å²) >= 11 is 0.